The highest BCUT2D eigenvalue weighted by atomic mass is 16.5. The number of hydrogen-bond acceptors (Lipinski definition) is 3. The summed E-state index contributed by atoms with van der Waals surface area (Å²) in [5.41, 5.74) is 2.84. The van der Waals surface area contributed by atoms with E-state index in [1.807, 2.05) is 60.7 Å². The van der Waals surface area contributed by atoms with Crippen molar-refractivity contribution in [3.8, 4) is 0 Å². The van der Waals surface area contributed by atoms with Gasteiger partial charge in [0.05, 0.1) is 6.61 Å². The molecule has 1 heterocycles. The Kier molecular flexibility index (Phi) is 5.93. The van der Waals surface area contributed by atoms with Crippen molar-refractivity contribution in [3.05, 3.63) is 83.9 Å². The van der Waals surface area contributed by atoms with E-state index in [0.29, 0.717) is 18.6 Å². The van der Waals surface area contributed by atoms with E-state index in [-0.39, 0.29) is 6.61 Å². The molecule has 1 aliphatic rings. The molecule has 0 bridgehead atoms. The standard InChI is InChI=1S/C21H20N2O3/c24-20-19(12-11-18(22-20)15-17-9-5-2-6-10-17)23-21(25)26-14-13-16-7-3-1-4-8-16/h1-12,19H,13-15H2,(H,23,25). The van der Waals surface area contributed by atoms with Crippen LogP contribution in [0.15, 0.2) is 77.8 Å². The van der Waals surface area contributed by atoms with Gasteiger partial charge in [0.15, 0.2) is 0 Å². The minimum Gasteiger partial charge on any atom is -0.449 e. The van der Waals surface area contributed by atoms with Gasteiger partial charge in [-0.3, -0.25) is 4.79 Å². The van der Waals surface area contributed by atoms with Gasteiger partial charge in [0.25, 0.3) is 5.91 Å². The fourth-order valence-corrected chi connectivity index (χ4v) is 2.63. The molecule has 0 radical (unpaired) electrons. The smallest absolute Gasteiger partial charge is 0.408 e. The molecule has 0 saturated heterocycles. The van der Waals surface area contributed by atoms with Crippen LogP contribution in [0.4, 0.5) is 4.79 Å². The van der Waals surface area contributed by atoms with Gasteiger partial charge < -0.3 is 10.1 Å². The maximum absolute atomic E-state index is 12.1. The summed E-state index contributed by atoms with van der Waals surface area (Å²) in [6.07, 6.45) is 4.00. The molecule has 5 heteroatoms. The van der Waals surface area contributed by atoms with Crippen LogP contribution < -0.4 is 5.32 Å². The van der Waals surface area contributed by atoms with Gasteiger partial charge in [0.1, 0.15) is 6.04 Å². The van der Waals surface area contributed by atoms with E-state index < -0.39 is 18.0 Å². The molecule has 0 saturated carbocycles. The number of benzene rings is 2. The van der Waals surface area contributed by atoms with Gasteiger partial charge in [-0.05, 0) is 17.2 Å². The Morgan fingerprint density at radius 3 is 2.31 bits per heavy atom. The molecule has 5 nitrogen and oxygen atoms in total. The quantitative estimate of drug-likeness (QED) is 0.872. The Hall–Kier alpha value is -3.21. The van der Waals surface area contributed by atoms with Gasteiger partial charge in [-0.25, -0.2) is 9.79 Å². The fourth-order valence-electron chi connectivity index (χ4n) is 2.63. The monoisotopic (exact) mass is 348 g/mol. The number of nitrogens with one attached hydrogen (secondary N) is 1. The maximum atomic E-state index is 12.1. The van der Waals surface area contributed by atoms with Crippen LogP contribution in [0.5, 0.6) is 0 Å². The second kappa shape index (κ2) is 8.76. The Labute approximate surface area is 152 Å². The van der Waals surface area contributed by atoms with Crippen molar-refractivity contribution in [3.63, 3.8) is 0 Å². The number of ether oxygens (including phenoxy) is 1. The Morgan fingerprint density at radius 1 is 1.00 bits per heavy atom. The second-order valence-corrected chi connectivity index (χ2v) is 5.96. The zero-order chi connectivity index (χ0) is 18.2. The lowest BCUT2D eigenvalue weighted by molar-refractivity contribution is -0.118. The lowest BCUT2D eigenvalue weighted by atomic mass is 10.1. The van der Waals surface area contributed by atoms with E-state index >= 15 is 0 Å². The summed E-state index contributed by atoms with van der Waals surface area (Å²) in [5.74, 6) is -0.390. The SMILES string of the molecule is O=C(NC1C=CC(Cc2ccccc2)=NC1=O)OCCc1ccccc1. The van der Waals surface area contributed by atoms with Crippen molar-refractivity contribution < 1.29 is 14.3 Å². The molecule has 2 aromatic rings. The van der Waals surface area contributed by atoms with Crippen molar-refractivity contribution in [2.24, 2.45) is 4.99 Å². The minimum absolute atomic E-state index is 0.253. The average molecular weight is 348 g/mol. The molecule has 0 fully saturated rings. The summed E-state index contributed by atoms with van der Waals surface area (Å²) in [4.78, 5) is 28.0. The van der Waals surface area contributed by atoms with Gasteiger partial charge in [0, 0.05) is 18.6 Å². The number of aliphatic imine (C=N–C) groups is 1. The van der Waals surface area contributed by atoms with Gasteiger partial charge in [0.2, 0.25) is 0 Å². The van der Waals surface area contributed by atoms with Crippen LogP contribution in [0.1, 0.15) is 11.1 Å². The number of nitrogens with zero attached hydrogens (tertiary/aromatic N) is 1. The van der Waals surface area contributed by atoms with Crippen LogP contribution in [-0.2, 0) is 22.4 Å². The Bertz CT molecular complexity index is 814. The molecule has 2 aromatic carbocycles. The number of hydrogen-bond donors (Lipinski definition) is 1. The summed E-state index contributed by atoms with van der Waals surface area (Å²) < 4.78 is 5.13. The van der Waals surface area contributed by atoms with Crippen LogP contribution >= 0.6 is 0 Å². The molecule has 1 atom stereocenters. The van der Waals surface area contributed by atoms with Crippen LogP contribution in [0.2, 0.25) is 0 Å². The first kappa shape index (κ1) is 17.6. The third kappa shape index (κ3) is 5.14. The number of carbonyl (C=O) groups is 2. The Morgan fingerprint density at radius 2 is 1.65 bits per heavy atom. The normalized spacial score (nSPS) is 16.1. The summed E-state index contributed by atoms with van der Waals surface area (Å²) in [5, 5.41) is 2.53. The second-order valence-electron chi connectivity index (χ2n) is 5.96. The van der Waals surface area contributed by atoms with Crippen LogP contribution in [0.3, 0.4) is 0 Å². The van der Waals surface area contributed by atoms with E-state index in [2.05, 4.69) is 10.3 Å². The largest absolute Gasteiger partial charge is 0.449 e. The molecular formula is C21H20N2O3. The van der Waals surface area contributed by atoms with E-state index in [1.54, 1.807) is 12.2 Å². The highest BCUT2D eigenvalue weighted by Crippen LogP contribution is 2.08. The molecule has 3 rings (SSSR count). The van der Waals surface area contributed by atoms with Gasteiger partial charge in [-0.15, -0.1) is 0 Å². The van der Waals surface area contributed by atoms with Crippen molar-refractivity contribution in [2.75, 3.05) is 6.61 Å². The number of dihydropyridines is 1. The number of amides is 2. The first-order chi connectivity index (χ1) is 12.7. The maximum Gasteiger partial charge on any atom is 0.408 e. The van der Waals surface area contributed by atoms with Crippen LogP contribution in [0, 0.1) is 0 Å². The highest BCUT2D eigenvalue weighted by Gasteiger charge is 2.21. The van der Waals surface area contributed by atoms with Crippen molar-refractivity contribution in [1.82, 2.24) is 5.32 Å². The molecule has 132 valence electrons. The predicted octanol–water partition coefficient (Wildman–Crippen LogP) is 3.10. The number of carbonyl (C=O) groups excluding carboxylic acids is 2. The zero-order valence-electron chi connectivity index (χ0n) is 14.3. The molecule has 1 aliphatic heterocycles. The fraction of sp³-hybridized carbons (Fsp3) is 0.190. The molecule has 0 aliphatic carbocycles. The van der Waals surface area contributed by atoms with Crippen LogP contribution in [0.25, 0.3) is 0 Å². The lowest BCUT2D eigenvalue weighted by Gasteiger charge is -2.16. The lowest BCUT2D eigenvalue weighted by Crippen LogP contribution is -2.41. The van der Waals surface area contributed by atoms with Crippen molar-refractivity contribution >= 4 is 17.7 Å². The first-order valence-corrected chi connectivity index (χ1v) is 8.51. The van der Waals surface area contributed by atoms with E-state index in [4.69, 9.17) is 4.74 Å². The van der Waals surface area contributed by atoms with Crippen LogP contribution in [-0.4, -0.2) is 30.4 Å². The molecule has 1 unspecified atom stereocenters. The van der Waals surface area contributed by atoms with E-state index in [9.17, 15) is 9.59 Å². The van der Waals surface area contributed by atoms with Gasteiger partial charge in [-0.1, -0.05) is 66.7 Å². The van der Waals surface area contributed by atoms with Gasteiger partial charge >= 0.3 is 6.09 Å². The third-order valence-electron chi connectivity index (χ3n) is 3.97. The number of alkyl carbamates (subject to hydrolysis) is 1. The summed E-state index contributed by atoms with van der Waals surface area (Å²) in [7, 11) is 0. The summed E-state index contributed by atoms with van der Waals surface area (Å²) in [6, 6.07) is 18.8. The topological polar surface area (TPSA) is 67.8 Å². The molecule has 26 heavy (non-hydrogen) atoms. The average Bonchev–Trinajstić information content (AvgIpc) is 2.66. The molecule has 2 amide bonds. The molecule has 0 aromatic heterocycles. The highest BCUT2D eigenvalue weighted by molar-refractivity contribution is 6.08. The summed E-state index contributed by atoms with van der Waals surface area (Å²) in [6.45, 7) is 0.253. The van der Waals surface area contributed by atoms with Crippen molar-refractivity contribution in [2.45, 2.75) is 18.9 Å². The van der Waals surface area contributed by atoms with Crippen molar-refractivity contribution in [1.29, 1.82) is 0 Å². The molecule has 1 N–H and O–H groups in total. The molecule has 0 spiro atoms. The predicted molar refractivity (Wildman–Crippen MR) is 100 cm³/mol. The number of rotatable bonds is 6. The first-order valence-electron chi connectivity index (χ1n) is 8.51. The van der Waals surface area contributed by atoms with E-state index in [0.717, 1.165) is 11.1 Å². The number of allylic oxidation sites excluding steroid dienone is 1. The van der Waals surface area contributed by atoms with Gasteiger partial charge in [-0.2, -0.15) is 0 Å². The molecular weight excluding hydrogens is 328 g/mol. The Balaban J connectivity index is 1.45. The van der Waals surface area contributed by atoms with E-state index in [1.165, 1.54) is 0 Å². The zero-order valence-corrected chi connectivity index (χ0v) is 14.3. The minimum atomic E-state index is -0.779. The summed E-state index contributed by atoms with van der Waals surface area (Å²) >= 11 is 0. The third-order valence-corrected chi connectivity index (χ3v) is 3.97.